The number of benzene rings is 3. The van der Waals surface area contributed by atoms with E-state index in [1.54, 1.807) is 12.1 Å². The Hall–Kier alpha value is -4.10. The van der Waals surface area contributed by atoms with E-state index in [2.05, 4.69) is 22.4 Å². The fourth-order valence-electron chi connectivity index (χ4n) is 3.64. The third kappa shape index (κ3) is 8.49. The van der Waals surface area contributed by atoms with Crippen LogP contribution in [0.5, 0.6) is 11.5 Å². The zero-order chi connectivity index (χ0) is 27.3. The largest absolute Gasteiger partial charge is 0.490 e. The number of ether oxygens (including phenoxy) is 2. The molecule has 0 saturated heterocycles. The lowest BCUT2D eigenvalue weighted by molar-refractivity contribution is -0.124. The molecule has 3 rings (SSSR count). The normalized spacial score (nSPS) is 10.7. The number of carbonyl (C=O) groups excluding carboxylic acids is 2. The number of anilines is 1. The lowest BCUT2D eigenvalue weighted by atomic mass is 10.1. The van der Waals surface area contributed by atoms with Crippen molar-refractivity contribution in [3.8, 4) is 11.5 Å². The van der Waals surface area contributed by atoms with E-state index in [0.717, 1.165) is 22.4 Å². The molecule has 7 nitrogen and oxygen atoms in total. The van der Waals surface area contributed by atoms with Crippen molar-refractivity contribution in [3.63, 3.8) is 0 Å². The molecule has 0 aliphatic heterocycles. The summed E-state index contributed by atoms with van der Waals surface area (Å²) in [6.07, 6.45) is 3.90. The zero-order valence-electron chi connectivity index (χ0n) is 21.6. The number of carbonyl (C=O) groups is 2. The molecule has 0 aliphatic carbocycles. The Labute approximate surface area is 228 Å². The minimum Gasteiger partial charge on any atom is -0.490 e. The van der Waals surface area contributed by atoms with Gasteiger partial charge in [0.05, 0.1) is 12.8 Å². The van der Waals surface area contributed by atoms with Gasteiger partial charge in [-0.2, -0.15) is 5.10 Å². The topological polar surface area (TPSA) is 89.0 Å². The number of nitrogens with zero attached hydrogens (tertiary/aromatic N) is 1. The van der Waals surface area contributed by atoms with E-state index in [4.69, 9.17) is 21.1 Å². The Bertz CT molecular complexity index is 1310. The number of allylic oxidation sites excluding steroid dienone is 1. The second-order valence-corrected chi connectivity index (χ2v) is 8.88. The molecule has 0 aromatic heterocycles. The van der Waals surface area contributed by atoms with Crippen molar-refractivity contribution in [3.05, 3.63) is 101 Å². The van der Waals surface area contributed by atoms with Crippen molar-refractivity contribution in [2.24, 2.45) is 5.10 Å². The van der Waals surface area contributed by atoms with Crippen molar-refractivity contribution >= 4 is 35.3 Å². The summed E-state index contributed by atoms with van der Waals surface area (Å²) in [4.78, 5) is 24.4. The molecule has 38 heavy (non-hydrogen) atoms. The van der Waals surface area contributed by atoms with Crippen molar-refractivity contribution in [1.82, 2.24) is 5.43 Å². The van der Waals surface area contributed by atoms with Crippen molar-refractivity contribution in [1.29, 1.82) is 0 Å². The average Bonchev–Trinajstić information content (AvgIpc) is 2.90. The summed E-state index contributed by atoms with van der Waals surface area (Å²) in [6.45, 7) is 8.37. The van der Waals surface area contributed by atoms with Crippen molar-refractivity contribution in [2.45, 2.75) is 39.7 Å². The number of hydrogen-bond acceptors (Lipinski definition) is 5. The van der Waals surface area contributed by atoms with Gasteiger partial charge >= 0.3 is 0 Å². The quantitative estimate of drug-likeness (QED) is 0.155. The number of nitrogens with one attached hydrogen (secondary N) is 2. The van der Waals surface area contributed by atoms with E-state index >= 15 is 0 Å². The Morgan fingerprint density at radius 3 is 2.47 bits per heavy atom. The van der Waals surface area contributed by atoms with E-state index in [1.807, 2.05) is 68.4 Å². The van der Waals surface area contributed by atoms with Gasteiger partial charge in [0, 0.05) is 34.7 Å². The van der Waals surface area contributed by atoms with Crippen LogP contribution in [0.25, 0.3) is 0 Å². The van der Waals surface area contributed by atoms with E-state index < -0.39 is 0 Å². The number of para-hydroxylation sites is 1. The highest BCUT2D eigenvalue weighted by atomic mass is 35.5. The molecule has 0 spiro atoms. The van der Waals surface area contributed by atoms with Crippen LogP contribution in [0.1, 0.15) is 42.0 Å². The van der Waals surface area contributed by atoms with Gasteiger partial charge in [0.25, 0.3) is 0 Å². The molecule has 0 radical (unpaired) electrons. The van der Waals surface area contributed by atoms with Gasteiger partial charge in [0.2, 0.25) is 11.8 Å². The van der Waals surface area contributed by atoms with Gasteiger partial charge in [-0.15, -0.1) is 6.58 Å². The second kappa shape index (κ2) is 14.6. The Kier molecular flexibility index (Phi) is 10.9. The zero-order valence-corrected chi connectivity index (χ0v) is 22.4. The third-order valence-electron chi connectivity index (χ3n) is 5.55. The lowest BCUT2D eigenvalue weighted by Crippen LogP contribution is -2.20. The molecule has 3 aromatic carbocycles. The van der Waals surface area contributed by atoms with Gasteiger partial charge in [0.15, 0.2) is 11.5 Å². The number of aryl methyl sites for hydroxylation is 1. The molecular formula is C30H32ClN3O4. The molecule has 2 N–H and O–H groups in total. The number of amides is 2. The molecule has 0 unspecified atom stereocenters. The maximum absolute atomic E-state index is 12.2. The summed E-state index contributed by atoms with van der Waals surface area (Å²) in [5.74, 6) is 0.561. The van der Waals surface area contributed by atoms with Gasteiger partial charge in [0.1, 0.15) is 6.61 Å². The van der Waals surface area contributed by atoms with Crippen LogP contribution >= 0.6 is 11.6 Å². The molecular weight excluding hydrogens is 502 g/mol. The third-order valence-corrected chi connectivity index (χ3v) is 5.92. The fourth-order valence-corrected chi connectivity index (χ4v) is 3.84. The smallest absolute Gasteiger partial charge is 0.240 e. The van der Waals surface area contributed by atoms with Gasteiger partial charge in [-0.05, 0) is 55.7 Å². The first-order valence-electron chi connectivity index (χ1n) is 12.4. The van der Waals surface area contributed by atoms with E-state index in [1.165, 1.54) is 6.21 Å². The van der Waals surface area contributed by atoms with Crippen molar-refractivity contribution < 1.29 is 19.1 Å². The highest BCUT2D eigenvalue weighted by Gasteiger charge is 2.14. The van der Waals surface area contributed by atoms with Crippen LogP contribution in [-0.4, -0.2) is 24.6 Å². The highest BCUT2D eigenvalue weighted by molar-refractivity contribution is 6.31. The standard InChI is InChI=1S/C30H32ClN3O4/c1-4-10-23-17-22(18-27(37-5-2)30(23)38-20-24-12-7-8-13-25(24)31)19-32-34-29(36)16-15-28(35)33-26-14-9-6-11-21(26)3/h4,6-9,11-14,17-19H,1,5,10,15-16,20H2,2-3H3,(H,33,35)(H,34,36). The van der Waals surface area contributed by atoms with Crippen LogP contribution in [0.15, 0.2) is 78.4 Å². The Morgan fingerprint density at radius 2 is 1.74 bits per heavy atom. The predicted molar refractivity (Wildman–Crippen MR) is 152 cm³/mol. The summed E-state index contributed by atoms with van der Waals surface area (Å²) >= 11 is 6.28. The summed E-state index contributed by atoms with van der Waals surface area (Å²) in [5, 5.41) is 7.50. The molecule has 0 atom stereocenters. The maximum Gasteiger partial charge on any atom is 0.240 e. The number of hydrazone groups is 1. The van der Waals surface area contributed by atoms with Crippen LogP contribution in [0, 0.1) is 6.92 Å². The van der Waals surface area contributed by atoms with E-state index in [-0.39, 0.29) is 31.3 Å². The molecule has 0 heterocycles. The minimum absolute atomic E-state index is 0.00971. The lowest BCUT2D eigenvalue weighted by Gasteiger charge is -2.17. The number of halogens is 1. The van der Waals surface area contributed by atoms with Crippen LogP contribution < -0.4 is 20.2 Å². The highest BCUT2D eigenvalue weighted by Crippen LogP contribution is 2.34. The van der Waals surface area contributed by atoms with Crippen LogP contribution in [0.4, 0.5) is 5.69 Å². The summed E-state index contributed by atoms with van der Waals surface area (Å²) in [5.41, 5.74) is 6.60. The Balaban J connectivity index is 1.63. The van der Waals surface area contributed by atoms with Crippen LogP contribution in [0.2, 0.25) is 5.02 Å². The molecule has 2 amide bonds. The van der Waals surface area contributed by atoms with Gasteiger partial charge in [-0.1, -0.05) is 54.1 Å². The summed E-state index contributed by atoms with van der Waals surface area (Å²) in [7, 11) is 0. The van der Waals surface area contributed by atoms with Crippen LogP contribution in [-0.2, 0) is 22.6 Å². The molecule has 8 heteroatoms. The first kappa shape index (κ1) is 28.5. The average molecular weight is 534 g/mol. The summed E-state index contributed by atoms with van der Waals surface area (Å²) < 4.78 is 12.0. The van der Waals surface area contributed by atoms with Crippen molar-refractivity contribution in [2.75, 3.05) is 11.9 Å². The minimum atomic E-state index is -0.364. The van der Waals surface area contributed by atoms with E-state index in [9.17, 15) is 9.59 Å². The number of hydrogen-bond donors (Lipinski definition) is 2. The molecule has 3 aromatic rings. The monoisotopic (exact) mass is 533 g/mol. The first-order chi connectivity index (χ1) is 18.4. The first-order valence-corrected chi connectivity index (χ1v) is 12.7. The SMILES string of the molecule is C=CCc1cc(C=NNC(=O)CCC(=O)Nc2ccccc2C)cc(OCC)c1OCc1ccccc1Cl. The molecule has 0 saturated carbocycles. The number of rotatable bonds is 13. The van der Waals surface area contributed by atoms with Crippen LogP contribution in [0.3, 0.4) is 0 Å². The Morgan fingerprint density at radius 1 is 1.00 bits per heavy atom. The molecule has 198 valence electrons. The second-order valence-electron chi connectivity index (χ2n) is 8.47. The van der Waals surface area contributed by atoms with Gasteiger partial charge < -0.3 is 14.8 Å². The molecule has 0 aliphatic rings. The molecule has 0 bridgehead atoms. The van der Waals surface area contributed by atoms with Gasteiger partial charge in [-0.25, -0.2) is 5.43 Å². The molecule has 0 fully saturated rings. The maximum atomic E-state index is 12.2. The van der Waals surface area contributed by atoms with Gasteiger partial charge in [-0.3, -0.25) is 9.59 Å². The summed E-state index contributed by atoms with van der Waals surface area (Å²) in [6, 6.07) is 18.7. The fraction of sp³-hybridized carbons (Fsp3) is 0.233. The van der Waals surface area contributed by atoms with E-state index in [0.29, 0.717) is 35.1 Å². The predicted octanol–water partition coefficient (Wildman–Crippen LogP) is 6.22.